The van der Waals surface area contributed by atoms with E-state index in [0.717, 1.165) is 13.0 Å². The first-order chi connectivity index (χ1) is 7.25. The van der Waals surface area contributed by atoms with Crippen LogP contribution in [0.25, 0.3) is 0 Å². The highest BCUT2D eigenvalue weighted by Gasteiger charge is 2.28. The minimum Gasteiger partial charge on any atom is -0.415 e. The van der Waals surface area contributed by atoms with Gasteiger partial charge in [-0.05, 0) is 19.2 Å². The van der Waals surface area contributed by atoms with Crippen LogP contribution in [0.5, 0.6) is 5.75 Å². The zero-order valence-corrected chi connectivity index (χ0v) is 8.55. The maximum atomic E-state index is 11.3. The van der Waals surface area contributed by atoms with E-state index in [-0.39, 0.29) is 6.23 Å². The van der Waals surface area contributed by atoms with Crippen molar-refractivity contribution in [3.05, 3.63) is 30.3 Å². The molecule has 2 rings (SSSR count). The van der Waals surface area contributed by atoms with Gasteiger partial charge in [-0.3, -0.25) is 4.90 Å². The summed E-state index contributed by atoms with van der Waals surface area (Å²) in [6, 6.07) is 8.89. The van der Waals surface area contributed by atoms with Gasteiger partial charge >= 0.3 is 6.16 Å². The van der Waals surface area contributed by atoms with E-state index in [2.05, 4.69) is 0 Å². The predicted molar refractivity (Wildman–Crippen MR) is 54.6 cm³/mol. The molecule has 0 radical (unpaired) electrons. The molecule has 0 aromatic heterocycles. The van der Waals surface area contributed by atoms with Crippen LogP contribution in [0.2, 0.25) is 0 Å². The van der Waals surface area contributed by atoms with Crippen molar-refractivity contribution in [2.75, 3.05) is 13.6 Å². The van der Waals surface area contributed by atoms with Gasteiger partial charge in [-0.2, -0.15) is 0 Å². The van der Waals surface area contributed by atoms with E-state index in [9.17, 15) is 4.79 Å². The fourth-order valence-corrected chi connectivity index (χ4v) is 1.36. The van der Waals surface area contributed by atoms with E-state index in [1.807, 2.05) is 18.0 Å². The van der Waals surface area contributed by atoms with Gasteiger partial charge in [0, 0.05) is 13.0 Å². The van der Waals surface area contributed by atoms with E-state index < -0.39 is 6.16 Å². The van der Waals surface area contributed by atoms with Gasteiger partial charge in [-0.15, -0.1) is 0 Å². The van der Waals surface area contributed by atoms with Crippen LogP contribution in [0, 0.1) is 0 Å². The van der Waals surface area contributed by atoms with Crippen LogP contribution < -0.4 is 4.74 Å². The van der Waals surface area contributed by atoms with Gasteiger partial charge in [-0.25, -0.2) is 4.79 Å². The topological polar surface area (TPSA) is 38.8 Å². The molecule has 4 heteroatoms. The summed E-state index contributed by atoms with van der Waals surface area (Å²) in [6.07, 6.45) is 0.111. The Hall–Kier alpha value is -1.55. The molecule has 1 atom stereocenters. The highest BCUT2D eigenvalue weighted by atomic mass is 16.7. The summed E-state index contributed by atoms with van der Waals surface area (Å²) in [5, 5.41) is 0. The number of ether oxygens (including phenoxy) is 2. The first-order valence-corrected chi connectivity index (χ1v) is 4.89. The summed E-state index contributed by atoms with van der Waals surface area (Å²) in [5.41, 5.74) is 0. The smallest absolute Gasteiger partial charge is 0.415 e. The molecule has 0 aliphatic carbocycles. The van der Waals surface area contributed by atoms with Gasteiger partial charge in [0.2, 0.25) is 0 Å². The molecule has 1 fully saturated rings. The fraction of sp³-hybridized carbons (Fsp3) is 0.364. The summed E-state index contributed by atoms with van der Waals surface area (Å²) < 4.78 is 10.0. The molecule has 4 nitrogen and oxygen atoms in total. The molecule has 1 aromatic rings. The highest BCUT2D eigenvalue weighted by molar-refractivity contribution is 5.63. The molecule has 1 saturated heterocycles. The number of nitrogens with zero attached hydrogens (tertiary/aromatic N) is 1. The lowest BCUT2D eigenvalue weighted by molar-refractivity contribution is -0.0785. The Labute approximate surface area is 88.4 Å². The molecular weight excluding hydrogens is 194 g/mol. The lowest BCUT2D eigenvalue weighted by Gasteiger charge is -2.35. The van der Waals surface area contributed by atoms with Crippen LogP contribution in [0.3, 0.4) is 0 Å². The number of carbonyl (C=O) groups excluding carboxylic acids is 1. The van der Waals surface area contributed by atoms with Crippen molar-refractivity contribution in [2.45, 2.75) is 12.6 Å². The number of carbonyl (C=O) groups is 1. The second kappa shape index (κ2) is 4.31. The number of hydrogen-bond donors (Lipinski definition) is 0. The van der Waals surface area contributed by atoms with Crippen molar-refractivity contribution in [1.82, 2.24) is 4.90 Å². The largest absolute Gasteiger partial charge is 0.515 e. The molecule has 0 N–H and O–H groups in total. The molecule has 1 aliphatic rings. The summed E-state index contributed by atoms with van der Waals surface area (Å²) in [6.45, 7) is 0.962. The number of benzene rings is 1. The molecule has 0 amide bonds. The van der Waals surface area contributed by atoms with Crippen LogP contribution in [0.1, 0.15) is 6.42 Å². The van der Waals surface area contributed by atoms with E-state index in [0.29, 0.717) is 5.75 Å². The third-order valence-electron chi connectivity index (χ3n) is 2.40. The van der Waals surface area contributed by atoms with Gasteiger partial charge in [0.25, 0.3) is 0 Å². The average molecular weight is 207 g/mol. The lowest BCUT2D eigenvalue weighted by Crippen LogP contribution is -2.47. The Morgan fingerprint density at radius 1 is 1.40 bits per heavy atom. The van der Waals surface area contributed by atoms with Gasteiger partial charge in [-0.1, -0.05) is 18.2 Å². The van der Waals surface area contributed by atoms with E-state index in [1.54, 1.807) is 24.3 Å². The summed E-state index contributed by atoms with van der Waals surface area (Å²) in [4.78, 5) is 13.2. The molecule has 80 valence electrons. The fourth-order valence-electron chi connectivity index (χ4n) is 1.36. The van der Waals surface area contributed by atoms with Crippen molar-refractivity contribution < 1.29 is 14.3 Å². The van der Waals surface area contributed by atoms with Crippen molar-refractivity contribution >= 4 is 6.16 Å². The third-order valence-corrected chi connectivity index (χ3v) is 2.40. The molecule has 1 heterocycles. The zero-order chi connectivity index (χ0) is 10.7. The lowest BCUT2D eigenvalue weighted by atomic mass is 10.2. The Kier molecular flexibility index (Phi) is 2.87. The van der Waals surface area contributed by atoms with E-state index in [4.69, 9.17) is 9.47 Å². The Morgan fingerprint density at radius 3 is 2.67 bits per heavy atom. The first-order valence-electron chi connectivity index (χ1n) is 4.89. The summed E-state index contributed by atoms with van der Waals surface area (Å²) >= 11 is 0. The van der Waals surface area contributed by atoms with E-state index in [1.165, 1.54) is 0 Å². The van der Waals surface area contributed by atoms with Crippen molar-refractivity contribution in [3.8, 4) is 5.75 Å². The number of para-hydroxylation sites is 1. The van der Waals surface area contributed by atoms with Crippen molar-refractivity contribution in [2.24, 2.45) is 0 Å². The molecule has 15 heavy (non-hydrogen) atoms. The Bertz CT molecular complexity index is 339. The monoisotopic (exact) mass is 207 g/mol. The maximum absolute atomic E-state index is 11.3. The van der Waals surface area contributed by atoms with Gasteiger partial charge in [0.1, 0.15) is 5.75 Å². The standard InChI is InChI=1S/C11H13NO3/c1-12-8-7-10(12)15-11(13)14-9-5-3-2-4-6-9/h2-6,10H,7-8H2,1H3. The molecular formula is C11H13NO3. The molecule has 1 unspecified atom stereocenters. The maximum Gasteiger partial charge on any atom is 0.515 e. The molecule has 1 aliphatic heterocycles. The molecule has 0 spiro atoms. The van der Waals surface area contributed by atoms with Crippen LogP contribution >= 0.6 is 0 Å². The van der Waals surface area contributed by atoms with Crippen LogP contribution in [-0.4, -0.2) is 30.9 Å². The zero-order valence-electron chi connectivity index (χ0n) is 8.55. The SMILES string of the molecule is CN1CCC1OC(=O)Oc1ccccc1. The first kappa shape index (κ1) is 9.98. The van der Waals surface area contributed by atoms with Crippen molar-refractivity contribution in [3.63, 3.8) is 0 Å². The molecule has 1 aromatic carbocycles. The summed E-state index contributed by atoms with van der Waals surface area (Å²) in [7, 11) is 1.91. The average Bonchev–Trinajstić information content (AvgIpc) is 2.25. The summed E-state index contributed by atoms with van der Waals surface area (Å²) in [5.74, 6) is 0.504. The number of likely N-dealkylation sites (tertiary alicyclic amines) is 1. The van der Waals surface area contributed by atoms with Crippen LogP contribution in [0.4, 0.5) is 4.79 Å². The molecule has 0 bridgehead atoms. The van der Waals surface area contributed by atoms with Crippen molar-refractivity contribution in [1.29, 1.82) is 0 Å². The van der Waals surface area contributed by atoms with Gasteiger partial charge < -0.3 is 9.47 Å². The predicted octanol–water partition coefficient (Wildman–Crippen LogP) is 1.86. The normalized spacial score (nSPS) is 20.5. The Morgan fingerprint density at radius 2 is 2.13 bits per heavy atom. The Balaban J connectivity index is 1.82. The second-order valence-corrected chi connectivity index (χ2v) is 3.51. The second-order valence-electron chi connectivity index (χ2n) is 3.51. The van der Waals surface area contributed by atoms with Crippen LogP contribution in [-0.2, 0) is 4.74 Å². The highest BCUT2D eigenvalue weighted by Crippen LogP contribution is 2.17. The minimum atomic E-state index is -0.641. The number of hydrogen-bond acceptors (Lipinski definition) is 4. The minimum absolute atomic E-state index is 0.124. The van der Waals surface area contributed by atoms with Crippen LogP contribution in [0.15, 0.2) is 30.3 Å². The molecule has 0 saturated carbocycles. The number of rotatable bonds is 2. The van der Waals surface area contributed by atoms with E-state index >= 15 is 0 Å². The van der Waals surface area contributed by atoms with Gasteiger partial charge in [0.05, 0.1) is 0 Å². The third kappa shape index (κ3) is 2.47. The quantitative estimate of drug-likeness (QED) is 0.548. The van der Waals surface area contributed by atoms with Gasteiger partial charge in [0.15, 0.2) is 6.23 Å².